The molecule has 0 radical (unpaired) electrons. The van der Waals surface area contributed by atoms with Crippen LogP contribution in [0, 0.1) is 0 Å². The number of β-lactam (4-membered cyclic amide) rings is 1. The van der Waals surface area contributed by atoms with Crippen molar-refractivity contribution < 1.29 is 24.3 Å². The Morgan fingerprint density at radius 3 is 2.76 bits per heavy atom. The van der Waals surface area contributed by atoms with Gasteiger partial charge in [-0.05, 0) is 12.0 Å². The van der Waals surface area contributed by atoms with Gasteiger partial charge in [-0.1, -0.05) is 30.3 Å². The summed E-state index contributed by atoms with van der Waals surface area (Å²) in [5, 5.41) is 11.1. The summed E-state index contributed by atoms with van der Waals surface area (Å²) in [5.41, 5.74) is 0.964. The fraction of sp³-hybridized carbons (Fsp3) is 0.467. The molecule has 0 saturated carbocycles. The van der Waals surface area contributed by atoms with E-state index in [2.05, 4.69) is 4.74 Å². The van der Waals surface area contributed by atoms with Gasteiger partial charge in [-0.25, -0.2) is 5.06 Å². The minimum atomic E-state index is -0.835. The van der Waals surface area contributed by atoms with Crippen LogP contribution >= 0.6 is 0 Å². The predicted molar refractivity (Wildman–Crippen MR) is 73.7 cm³/mol. The summed E-state index contributed by atoms with van der Waals surface area (Å²) in [6.07, 6.45) is -0.283. The maximum atomic E-state index is 11.5. The number of methoxy groups -OCH3 is 1. The molecule has 0 spiro atoms. The molecule has 1 aromatic carbocycles. The highest BCUT2D eigenvalue weighted by Crippen LogP contribution is 2.25. The molecular formula is C15H19NO5. The summed E-state index contributed by atoms with van der Waals surface area (Å²) in [4.78, 5) is 28.1. The van der Waals surface area contributed by atoms with Gasteiger partial charge in [0.15, 0.2) is 0 Å². The molecule has 0 bridgehead atoms. The number of carbonyl (C=O) groups is 2. The molecule has 0 aliphatic carbocycles. The minimum absolute atomic E-state index is 0.0757. The molecule has 1 saturated heterocycles. The second kappa shape index (κ2) is 7.19. The molecule has 1 fully saturated rings. The molecule has 1 heterocycles. The van der Waals surface area contributed by atoms with Gasteiger partial charge in [-0.2, -0.15) is 0 Å². The fourth-order valence-corrected chi connectivity index (χ4v) is 2.21. The van der Waals surface area contributed by atoms with Crippen LogP contribution in [0.3, 0.4) is 0 Å². The van der Waals surface area contributed by atoms with Crippen LogP contribution < -0.4 is 0 Å². The maximum Gasteiger partial charge on any atom is 0.308 e. The minimum Gasteiger partial charge on any atom is -0.469 e. The number of esters is 1. The number of carbonyl (C=O) groups excluding carboxylic acids is 2. The highest BCUT2D eigenvalue weighted by molar-refractivity contribution is 5.81. The van der Waals surface area contributed by atoms with Crippen molar-refractivity contribution in [3.8, 4) is 0 Å². The molecule has 0 aromatic heterocycles. The van der Waals surface area contributed by atoms with Crippen molar-refractivity contribution >= 4 is 11.9 Å². The predicted octanol–water partition coefficient (Wildman–Crippen LogP) is 1.03. The number of rotatable bonds is 7. The van der Waals surface area contributed by atoms with Crippen LogP contribution in [0.1, 0.15) is 24.8 Å². The number of nitrogens with zero attached hydrogens (tertiary/aromatic N) is 1. The Balaban J connectivity index is 1.79. The van der Waals surface area contributed by atoms with E-state index in [4.69, 9.17) is 4.84 Å². The van der Waals surface area contributed by atoms with Gasteiger partial charge in [-0.15, -0.1) is 0 Å². The molecule has 0 unspecified atom stereocenters. The zero-order chi connectivity index (χ0) is 15.2. The van der Waals surface area contributed by atoms with Crippen LogP contribution in [0.15, 0.2) is 30.3 Å². The van der Waals surface area contributed by atoms with Crippen molar-refractivity contribution in [2.45, 2.75) is 38.0 Å². The fourth-order valence-electron chi connectivity index (χ4n) is 2.21. The Hall–Kier alpha value is -1.92. The Morgan fingerprint density at radius 1 is 1.43 bits per heavy atom. The lowest BCUT2D eigenvalue weighted by molar-refractivity contribution is -0.236. The zero-order valence-corrected chi connectivity index (χ0v) is 11.9. The lowest BCUT2D eigenvalue weighted by atomic mass is 9.97. The van der Waals surface area contributed by atoms with Crippen LogP contribution in [0.4, 0.5) is 0 Å². The summed E-state index contributed by atoms with van der Waals surface area (Å²) >= 11 is 0. The lowest BCUT2D eigenvalue weighted by Gasteiger charge is -2.39. The molecule has 1 aliphatic heterocycles. The Kier molecular flexibility index (Phi) is 5.30. The monoisotopic (exact) mass is 293 g/mol. The SMILES string of the molecule is COC(=O)C[C@@H](O)C[C@@H]1CC(=O)N1OCc1ccccc1. The molecule has 6 heteroatoms. The number of amides is 1. The summed E-state index contributed by atoms with van der Waals surface area (Å²) in [7, 11) is 1.28. The normalized spacial score (nSPS) is 19.0. The van der Waals surface area contributed by atoms with E-state index in [0.29, 0.717) is 19.4 Å². The number of hydrogen-bond acceptors (Lipinski definition) is 5. The molecule has 6 nitrogen and oxygen atoms in total. The highest BCUT2D eigenvalue weighted by atomic mass is 16.7. The molecular weight excluding hydrogens is 274 g/mol. The van der Waals surface area contributed by atoms with Crippen LogP contribution in [0.2, 0.25) is 0 Å². The number of ether oxygens (including phenoxy) is 1. The first-order valence-electron chi connectivity index (χ1n) is 6.84. The van der Waals surface area contributed by atoms with E-state index < -0.39 is 12.1 Å². The van der Waals surface area contributed by atoms with Gasteiger partial charge < -0.3 is 9.84 Å². The average molecular weight is 293 g/mol. The number of hydroxylamine groups is 2. The van der Waals surface area contributed by atoms with E-state index >= 15 is 0 Å². The van der Waals surface area contributed by atoms with Crippen LogP contribution in [-0.4, -0.2) is 41.3 Å². The molecule has 1 amide bonds. The van der Waals surface area contributed by atoms with Crippen molar-refractivity contribution in [1.29, 1.82) is 0 Å². The Labute approximate surface area is 123 Å². The molecule has 1 aromatic rings. The molecule has 2 rings (SSSR count). The van der Waals surface area contributed by atoms with Crippen molar-refractivity contribution in [3.63, 3.8) is 0 Å². The van der Waals surface area contributed by atoms with Gasteiger partial charge in [-0.3, -0.25) is 14.4 Å². The molecule has 1 aliphatic rings. The summed E-state index contributed by atoms with van der Waals surface area (Å²) in [6, 6.07) is 9.32. The second-order valence-corrected chi connectivity index (χ2v) is 5.01. The van der Waals surface area contributed by atoms with E-state index in [9.17, 15) is 14.7 Å². The molecule has 114 valence electrons. The van der Waals surface area contributed by atoms with E-state index in [1.54, 1.807) is 0 Å². The van der Waals surface area contributed by atoms with Crippen LogP contribution in [-0.2, 0) is 25.8 Å². The first kappa shape index (κ1) is 15.5. The Morgan fingerprint density at radius 2 is 2.14 bits per heavy atom. The quantitative estimate of drug-likeness (QED) is 0.600. The first-order chi connectivity index (χ1) is 10.1. The van der Waals surface area contributed by atoms with E-state index in [1.807, 2.05) is 30.3 Å². The third kappa shape index (κ3) is 4.27. The molecule has 1 N–H and O–H groups in total. The topological polar surface area (TPSA) is 76.1 Å². The number of hydrogen-bond donors (Lipinski definition) is 1. The van der Waals surface area contributed by atoms with E-state index in [0.717, 1.165) is 5.56 Å². The summed E-state index contributed by atoms with van der Waals surface area (Å²) in [5.74, 6) is -0.578. The smallest absolute Gasteiger partial charge is 0.308 e. The number of benzene rings is 1. The van der Waals surface area contributed by atoms with Gasteiger partial charge >= 0.3 is 5.97 Å². The lowest BCUT2D eigenvalue weighted by Crippen LogP contribution is -2.53. The largest absolute Gasteiger partial charge is 0.469 e. The van der Waals surface area contributed by atoms with Crippen molar-refractivity contribution in [3.05, 3.63) is 35.9 Å². The number of aliphatic hydroxyl groups is 1. The zero-order valence-electron chi connectivity index (χ0n) is 11.9. The van der Waals surface area contributed by atoms with Crippen LogP contribution in [0.5, 0.6) is 0 Å². The van der Waals surface area contributed by atoms with E-state index in [-0.39, 0.29) is 18.4 Å². The van der Waals surface area contributed by atoms with E-state index in [1.165, 1.54) is 12.2 Å². The van der Waals surface area contributed by atoms with Crippen LogP contribution in [0.25, 0.3) is 0 Å². The third-order valence-corrected chi connectivity index (χ3v) is 3.37. The summed E-state index contributed by atoms with van der Waals surface area (Å²) in [6.45, 7) is 0.302. The highest BCUT2D eigenvalue weighted by Gasteiger charge is 2.38. The molecule has 21 heavy (non-hydrogen) atoms. The molecule has 2 atom stereocenters. The third-order valence-electron chi connectivity index (χ3n) is 3.37. The van der Waals surface area contributed by atoms with Crippen molar-refractivity contribution in [2.24, 2.45) is 0 Å². The second-order valence-electron chi connectivity index (χ2n) is 5.01. The Bertz CT molecular complexity index is 490. The van der Waals surface area contributed by atoms with Gasteiger partial charge in [0, 0.05) is 0 Å². The van der Waals surface area contributed by atoms with Crippen molar-refractivity contribution in [2.75, 3.05) is 7.11 Å². The van der Waals surface area contributed by atoms with Gasteiger partial charge in [0.1, 0.15) is 6.61 Å². The van der Waals surface area contributed by atoms with Gasteiger partial charge in [0.2, 0.25) is 5.91 Å². The maximum absolute atomic E-state index is 11.5. The van der Waals surface area contributed by atoms with Gasteiger partial charge in [0.25, 0.3) is 0 Å². The number of aliphatic hydroxyl groups excluding tert-OH is 1. The standard InChI is InChI=1S/C15H19NO5/c1-20-15(19)9-13(17)7-12-8-14(18)16(12)21-10-11-5-3-2-4-6-11/h2-6,12-13,17H,7-10H2,1H3/t12-,13+/m1/s1. The first-order valence-corrected chi connectivity index (χ1v) is 6.84. The summed E-state index contributed by atoms with van der Waals surface area (Å²) < 4.78 is 4.50. The average Bonchev–Trinajstić information content (AvgIpc) is 2.47. The van der Waals surface area contributed by atoms with Crippen molar-refractivity contribution in [1.82, 2.24) is 5.06 Å². The van der Waals surface area contributed by atoms with Gasteiger partial charge in [0.05, 0.1) is 32.1 Å².